The summed E-state index contributed by atoms with van der Waals surface area (Å²) in [5, 5.41) is 9.58. The summed E-state index contributed by atoms with van der Waals surface area (Å²) in [6.07, 6.45) is 0. The van der Waals surface area contributed by atoms with Crippen LogP contribution < -0.4 is 16.0 Å². The molecule has 3 aromatic rings. The number of hydrogen-bond acceptors (Lipinski definition) is 3. The second kappa shape index (κ2) is 10.1. The van der Waals surface area contributed by atoms with Gasteiger partial charge in [-0.15, -0.1) is 0 Å². The van der Waals surface area contributed by atoms with E-state index in [1.54, 1.807) is 42.5 Å². The fourth-order valence-corrected chi connectivity index (χ4v) is 3.13. The first kappa shape index (κ1) is 21.7. The Bertz CT molecular complexity index is 1040. The summed E-state index contributed by atoms with van der Waals surface area (Å²) in [5.41, 5.74) is 2.70. The average Bonchev–Trinajstić information content (AvgIpc) is 2.75. The predicted octanol–water partition coefficient (Wildman–Crippen LogP) is 5.54. The van der Waals surface area contributed by atoms with Gasteiger partial charge in [-0.05, 0) is 48.9 Å². The molecular formula is C23H21Cl2N3O2. The van der Waals surface area contributed by atoms with E-state index in [-0.39, 0.29) is 24.4 Å². The van der Waals surface area contributed by atoms with Crippen LogP contribution in [0.3, 0.4) is 0 Å². The molecular weight excluding hydrogens is 421 g/mol. The molecule has 154 valence electrons. The summed E-state index contributed by atoms with van der Waals surface area (Å²) in [6.45, 7) is 1.97. The Morgan fingerprint density at radius 3 is 2.37 bits per heavy atom. The first-order valence-electron chi connectivity index (χ1n) is 9.37. The Kier molecular flexibility index (Phi) is 7.33. The Morgan fingerprint density at radius 2 is 1.63 bits per heavy atom. The molecule has 0 saturated carbocycles. The van der Waals surface area contributed by atoms with Crippen molar-refractivity contribution in [3.63, 3.8) is 0 Å². The quantitative estimate of drug-likeness (QED) is 0.450. The van der Waals surface area contributed by atoms with Gasteiger partial charge in [0.15, 0.2) is 0 Å². The molecule has 0 spiro atoms. The molecule has 5 nitrogen and oxygen atoms in total. The fraction of sp³-hybridized carbons (Fsp3) is 0.130. The SMILES string of the molecule is CC(NC(=O)c1cccc(NC(=O)CNc2ccc(Cl)c(Cl)c2)c1)c1ccccc1. The lowest BCUT2D eigenvalue weighted by molar-refractivity contribution is -0.114. The summed E-state index contributed by atoms with van der Waals surface area (Å²) < 4.78 is 0. The van der Waals surface area contributed by atoms with Gasteiger partial charge in [-0.3, -0.25) is 9.59 Å². The maximum absolute atomic E-state index is 12.6. The molecule has 0 aliphatic carbocycles. The molecule has 3 N–H and O–H groups in total. The van der Waals surface area contributed by atoms with E-state index in [1.807, 2.05) is 37.3 Å². The summed E-state index contributed by atoms with van der Waals surface area (Å²) in [4.78, 5) is 24.8. The molecule has 0 fully saturated rings. The van der Waals surface area contributed by atoms with E-state index in [0.717, 1.165) is 5.56 Å². The number of halogens is 2. The molecule has 3 rings (SSSR count). The largest absolute Gasteiger partial charge is 0.376 e. The number of rotatable bonds is 7. The highest BCUT2D eigenvalue weighted by atomic mass is 35.5. The first-order chi connectivity index (χ1) is 14.4. The minimum atomic E-state index is -0.253. The lowest BCUT2D eigenvalue weighted by Crippen LogP contribution is -2.27. The van der Waals surface area contributed by atoms with Crippen molar-refractivity contribution in [1.82, 2.24) is 5.32 Å². The maximum atomic E-state index is 12.6. The van der Waals surface area contributed by atoms with Crippen LogP contribution >= 0.6 is 23.2 Å². The lowest BCUT2D eigenvalue weighted by atomic mass is 10.1. The third-order valence-electron chi connectivity index (χ3n) is 4.43. The van der Waals surface area contributed by atoms with E-state index in [0.29, 0.717) is 27.0 Å². The maximum Gasteiger partial charge on any atom is 0.251 e. The van der Waals surface area contributed by atoms with Gasteiger partial charge in [-0.1, -0.05) is 59.6 Å². The third-order valence-corrected chi connectivity index (χ3v) is 5.17. The van der Waals surface area contributed by atoms with E-state index in [2.05, 4.69) is 16.0 Å². The predicted molar refractivity (Wildman–Crippen MR) is 122 cm³/mol. The molecule has 1 atom stereocenters. The average molecular weight is 442 g/mol. The normalized spacial score (nSPS) is 11.4. The second-order valence-corrected chi connectivity index (χ2v) is 7.53. The van der Waals surface area contributed by atoms with E-state index in [1.165, 1.54) is 0 Å². The van der Waals surface area contributed by atoms with E-state index in [4.69, 9.17) is 23.2 Å². The van der Waals surface area contributed by atoms with Crippen molar-refractivity contribution < 1.29 is 9.59 Å². The highest BCUT2D eigenvalue weighted by Crippen LogP contribution is 2.24. The topological polar surface area (TPSA) is 70.2 Å². The molecule has 30 heavy (non-hydrogen) atoms. The molecule has 7 heteroatoms. The number of hydrogen-bond donors (Lipinski definition) is 3. The minimum Gasteiger partial charge on any atom is -0.376 e. The monoisotopic (exact) mass is 441 g/mol. The Balaban J connectivity index is 1.57. The number of amides is 2. The van der Waals surface area contributed by atoms with Crippen molar-refractivity contribution in [2.75, 3.05) is 17.2 Å². The van der Waals surface area contributed by atoms with Gasteiger partial charge in [0.2, 0.25) is 5.91 Å². The first-order valence-corrected chi connectivity index (χ1v) is 10.1. The summed E-state index contributed by atoms with van der Waals surface area (Å²) in [7, 11) is 0. The fourth-order valence-electron chi connectivity index (χ4n) is 2.84. The number of benzene rings is 3. The van der Waals surface area contributed by atoms with Gasteiger partial charge in [0.05, 0.1) is 22.6 Å². The minimum absolute atomic E-state index is 0.0411. The number of nitrogens with one attached hydrogen (secondary N) is 3. The van der Waals surface area contributed by atoms with Crippen LogP contribution in [0.2, 0.25) is 10.0 Å². The smallest absolute Gasteiger partial charge is 0.251 e. The number of carbonyl (C=O) groups is 2. The molecule has 2 amide bonds. The molecule has 0 radical (unpaired) electrons. The van der Waals surface area contributed by atoms with E-state index >= 15 is 0 Å². The van der Waals surface area contributed by atoms with Gasteiger partial charge < -0.3 is 16.0 Å². The standard InChI is InChI=1S/C23H21Cl2N3O2/c1-15(16-6-3-2-4-7-16)27-23(30)17-8-5-9-19(12-17)28-22(29)14-26-18-10-11-20(24)21(25)13-18/h2-13,15,26H,14H2,1H3,(H,27,30)(H,28,29). The van der Waals surface area contributed by atoms with E-state index < -0.39 is 0 Å². The van der Waals surface area contributed by atoms with Gasteiger partial charge in [-0.25, -0.2) is 0 Å². The van der Waals surface area contributed by atoms with Gasteiger partial charge in [0.1, 0.15) is 0 Å². The summed E-state index contributed by atoms with van der Waals surface area (Å²) in [6, 6.07) is 21.4. The van der Waals surface area contributed by atoms with Crippen molar-refractivity contribution in [3.8, 4) is 0 Å². The van der Waals surface area contributed by atoms with Gasteiger partial charge in [0.25, 0.3) is 5.91 Å². The lowest BCUT2D eigenvalue weighted by Gasteiger charge is -2.15. The van der Waals surface area contributed by atoms with Crippen molar-refractivity contribution in [2.45, 2.75) is 13.0 Å². The van der Waals surface area contributed by atoms with Crippen LogP contribution in [0.1, 0.15) is 28.9 Å². The Labute approximate surface area is 185 Å². The zero-order valence-electron chi connectivity index (χ0n) is 16.3. The number of carbonyl (C=O) groups excluding carboxylic acids is 2. The van der Waals surface area contributed by atoms with Crippen molar-refractivity contribution in [1.29, 1.82) is 0 Å². The molecule has 0 saturated heterocycles. The van der Waals surface area contributed by atoms with Crippen molar-refractivity contribution >= 4 is 46.4 Å². The molecule has 0 aliphatic rings. The Morgan fingerprint density at radius 1 is 0.867 bits per heavy atom. The van der Waals surface area contributed by atoms with Crippen molar-refractivity contribution in [2.24, 2.45) is 0 Å². The Hall–Kier alpha value is -3.02. The van der Waals surface area contributed by atoms with E-state index in [9.17, 15) is 9.59 Å². The van der Waals surface area contributed by atoms with Crippen LogP contribution in [-0.2, 0) is 4.79 Å². The van der Waals surface area contributed by atoms with Crippen LogP contribution in [0.15, 0.2) is 72.8 Å². The molecule has 0 aliphatic heterocycles. The zero-order valence-corrected chi connectivity index (χ0v) is 17.8. The van der Waals surface area contributed by atoms with Crippen LogP contribution in [0.4, 0.5) is 11.4 Å². The molecule has 0 bridgehead atoms. The van der Waals surface area contributed by atoms with Gasteiger partial charge >= 0.3 is 0 Å². The third kappa shape index (κ3) is 5.99. The molecule has 0 heterocycles. The molecule has 3 aromatic carbocycles. The summed E-state index contributed by atoms with van der Waals surface area (Å²) >= 11 is 11.9. The van der Waals surface area contributed by atoms with Crippen LogP contribution in [-0.4, -0.2) is 18.4 Å². The van der Waals surface area contributed by atoms with Gasteiger partial charge in [0, 0.05) is 16.9 Å². The van der Waals surface area contributed by atoms with Gasteiger partial charge in [-0.2, -0.15) is 0 Å². The van der Waals surface area contributed by atoms with Crippen LogP contribution in [0.5, 0.6) is 0 Å². The van der Waals surface area contributed by atoms with Crippen molar-refractivity contribution in [3.05, 3.63) is 94.0 Å². The molecule has 0 aromatic heterocycles. The van der Waals surface area contributed by atoms with Crippen LogP contribution in [0, 0.1) is 0 Å². The molecule has 1 unspecified atom stereocenters. The zero-order chi connectivity index (χ0) is 21.5. The van der Waals surface area contributed by atoms with Crippen LogP contribution in [0.25, 0.3) is 0 Å². The highest BCUT2D eigenvalue weighted by Gasteiger charge is 2.12. The number of anilines is 2. The second-order valence-electron chi connectivity index (χ2n) is 6.72. The highest BCUT2D eigenvalue weighted by molar-refractivity contribution is 6.42. The summed E-state index contributed by atoms with van der Waals surface area (Å²) in [5.74, 6) is -0.465.